The zero-order valence-electron chi connectivity index (χ0n) is 11.9. The van der Waals surface area contributed by atoms with Crippen LogP contribution in [0.1, 0.15) is 30.9 Å². The lowest BCUT2D eigenvalue weighted by Crippen LogP contribution is -2.51. The van der Waals surface area contributed by atoms with E-state index in [1.807, 2.05) is 19.1 Å². The average molecular weight is 294 g/mol. The van der Waals surface area contributed by atoms with Crippen molar-refractivity contribution in [2.75, 3.05) is 19.6 Å². The highest BCUT2D eigenvalue weighted by Crippen LogP contribution is 2.26. The number of fused-ring (bicyclic) bond motifs is 1. The predicted molar refractivity (Wildman–Crippen MR) is 79.3 cm³/mol. The van der Waals surface area contributed by atoms with E-state index in [1.165, 1.54) is 24.0 Å². The van der Waals surface area contributed by atoms with Crippen LogP contribution in [0.4, 0.5) is 0 Å². The predicted octanol–water partition coefficient (Wildman–Crippen LogP) is 1.55. The molecule has 4 nitrogen and oxygen atoms in total. The first-order valence-corrected chi connectivity index (χ1v) is 8.87. The molecule has 1 heterocycles. The summed E-state index contributed by atoms with van der Waals surface area (Å²) >= 11 is 0. The molecule has 0 radical (unpaired) electrons. The number of hydrogen-bond acceptors (Lipinski definition) is 3. The molecule has 1 N–H and O–H groups in total. The van der Waals surface area contributed by atoms with E-state index in [1.54, 1.807) is 10.4 Å². The van der Waals surface area contributed by atoms with E-state index in [4.69, 9.17) is 0 Å². The Hall–Kier alpha value is -0.910. The molecule has 0 saturated carbocycles. The maximum absolute atomic E-state index is 12.7. The number of sulfonamides is 1. The Balaban J connectivity index is 1.90. The van der Waals surface area contributed by atoms with Crippen molar-refractivity contribution in [3.63, 3.8) is 0 Å². The Morgan fingerprint density at radius 1 is 1.20 bits per heavy atom. The van der Waals surface area contributed by atoms with E-state index in [-0.39, 0.29) is 6.04 Å². The van der Waals surface area contributed by atoms with Crippen LogP contribution in [0.2, 0.25) is 0 Å². The van der Waals surface area contributed by atoms with Crippen molar-refractivity contribution >= 4 is 10.0 Å². The Morgan fingerprint density at radius 3 is 2.70 bits per heavy atom. The van der Waals surface area contributed by atoms with Crippen molar-refractivity contribution in [3.8, 4) is 0 Å². The van der Waals surface area contributed by atoms with E-state index >= 15 is 0 Å². The summed E-state index contributed by atoms with van der Waals surface area (Å²) in [6.07, 6.45) is 4.48. The van der Waals surface area contributed by atoms with Gasteiger partial charge in [-0.1, -0.05) is 6.07 Å². The standard InChI is InChI=1S/C15H22N2O2S/c1-12-11-17(9-8-16-12)20(18,19)15-7-6-13-4-2-3-5-14(13)10-15/h6-7,10,12,16H,2-5,8-9,11H2,1H3/t12-/m0/s1. The van der Waals surface area contributed by atoms with Gasteiger partial charge in [-0.15, -0.1) is 0 Å². The first kappa shape index (κ1) is 14.0. The Bertz CT molecular complexity index is 598. The zero-order valence-corrected chi connectivity index (χ0v) is 12.7. The van der Waals surface area contributed by atoms with Crippen molar-refractivity contribution in [1.29, 1.82) is 0 Å². The molecule has 1 aliphatic carbocycles. The van der Waals surface area contributed by atoms with Crippen LogP contribution in [-0.4, -0.2) is 38.4 Å². The molecular formula is C15H22N2O2S. The molecule has 1 aromatic carbocycles. The monoisotopic (exact) mass is 294 g/mol. The van der Waals surface area contributed by atoms with Gasteiger partial charge in [-0.3, -0.25) is 0 Å². The highest BCUT2D eigenvalue weighted by molar-refractivity contribution is 7.89. The lowest BCUT2D eigenvalue weighted by molar-refractivity contribution is 0.310. The van der Waals surface area contributed by atoms with Crippen molar-refractivity contribution in [2.24, 2.45) is 0 Å². The summed E-state index contributed by atoms with van der Waals surface area (Å²) in [6, 6.07) is 5.91. The largest absolute Gasteiger partial charge is 0.312 e. The second-order valence-electron chi connectivity index (χ2n) is 5.86. The maximum atomic E-state index is 12.7. The minimum Gasteiger partial charge on any atom is -0.312 e. The fourth-order valence-corrected chi connectivity index (χ4v) is 4.72. The van der Waals surface area contributed by atoms with E-state index in [0.29, 0.717) is 18.0 Å². The van der Waals surface area contributed by atoms with Crippen LogP contribution in [0.3, 0.4) is 0 Å². The van der Waals surface area contributed by atoms with Gasteiger partial charge in [-0.25, -0.2) is 8.42 Å². The molecule has 110 valence electrons. The minimum atomic E-state index is -3.34. The molecular weight excluding hydrogens is 272 g/mol. The number of nitrogens with zero attached hydrogens (tertiary/aromatic N) is 1. The van der Waals surface area contributed by atoms with Crippen LogP contribution < -0.4 is 5.32 Å². The Labute approximate surface area is 121 Å². The third-order valence-corrected chi connectivity index (χ3v) is 6.15. The molecule has 0 amide bonds. The fraction of sp³-hybridized carbons (Fsp3) is 0.600. The molecule has 2 aliphatic rings. The smallest absolute Gasteiger partial charge is 0.243 e. The van der Waals surface area contributed by atoms with Crippen LogP contribution in [0, 0.1) is 0 Å². The van der Waals surface area contributed by atoms with Gasteiger partial charge in [0, 0.05) is 25.7 Å². The van der Waals surface area contributed by atoms with Crippen LogP contribution in [0.15, 0.2) is 23.1 Å². The van der Waals surface area contributed by atoms with Crippen LogP contribution >= 0.6 is 0 Å². The van der Waals surface area contributed by atoms with Crippen LogP contribution in [-0.2, 0) is 22.9 Å². The molecule has 1 aliphatic heterocycles. The summed E-state index contributed by atoms with van der Waals surface area (Å²) in [5.74, 6) is 0. The summed E-state index contributed by atoms with van der Waals surface area (Å²) in [7, 11) is -3.34. The first-order chi connectivity index (χ1) is 9.57. The first-order valence-electron chi connectivity index (χ1n) is 7.43. The summed E-state index contributed by atoms with van der Waals surface area (Å²) < 4.78 is 27.0. The Kier molecular flexibility index (Phi) is 3.84. The van der Waals surface area contributed by atoms with Gasteiger partial charge in [0.05, 0.1) is 4.90 Å². The number of rotatable bonds is 2. The number of hydrogen-bond donors (Lipinski definition) is 1. The van der Waals surface area contributed by atoms with Crippen LogP contribution in [0.5, 0.6) is 0 Å². The highest BCUT2D eigenvalue weighted by Gasteiger charge is 2.29. The summed E-state index contributed by atoms with van der Waals surface area (Å²) in [5.41, 5.74) is 2.55. The molecule has 0 aromatic heterocycles. The molecule has 1 atom stereocenters. The molecule has 3 rings (SSSR count). The molecule has 5 heteroatoms. The van der Waals surface area contributed by atoms with Crippen molar-refractivity contribution in [2.45, 2.75) is 43.5 Å². The SMILES string of the molecule is C[C@H]1CN(S(=O)(=O)c2ccc3c(c2)CCCC3)CCN1. The van der Waals surface area contributed by atoms with E-state index < -0.39 is 10.0 Å². The third-order valence-electron chi connectivity index (χ3n) is 4.29. The van der Waals surface area contributed by atoms with Gasteiger partial charge in [-0.05, 0) is 55.9 Å². The molecule has 1 fully saturated rings. The summed E-state index contributed by atoms with van der Waals surface area (Å²) in [4.78, 5) is 0.465. The number of benzene rings is 1. The summed E-state index contributed by atoms with van der Waals surface area (Å²) in [5, 5.41) is 3.28. The Morgan fingerprint density at radius 2 is 1.95 bits per heavy atom. The van der Waals surface area contributed by atoms with E-state index in [9.17, 15) is 8.42 Å². The van der Waals surface area contributed by atoms with E-state index in [0.717, 1.165) is 19.4 Å². The normalized spacial score (nSPS) is 24.4. The van der Waals surface area contributed by atoms with Crippen molar-refractivity contribution < 1.29 is 8.42 Å². The molecule has 0 bridgehead atoms. The van der Waals surface area contributed by atoms with Crippen LogP contribution in [0.25, 0.3) is 0 Å². The van der Waals surface area contributed by atoms with Crippen molar-refractivity contribution in [1.82, 2.24) is 9.62 Å². The minimum absolute atomic E-state index is 0.219. The quantitative estimate of drug-likeness (QED) is 0.900. The average Bonchev–Trinajstić information content (AvgIpc) is 2.46. The van der Waals surface area contributed by atoms with Gasteiger partial charge in [0.25, 0.3) is 0 Å². The highest BCUT2D eigenvalue weighted by atomic mass is 32.2. The number of aryl methyl sites for hydroxylation is 2. The molecule has 1 aromatic rings. The molecule has 0 unspecified atom stereocenters. The molecule has 20 heavy (non-hydrogen) atoms. The number of piperazine rings is 1. The van der Waals surface area contributed by atoms with Gasteiger partial charge >= 0.3 is 0 Å². The zero-order chi connectivity index (χ0) is 14.2. The van der Waals surface area contributed by atoms with Gasteiger partial charge in [-0.2, -0.15) is 4.31 Å². The second-order valence-corrected chi connectivity index (χ2v) is 7.79. The van der Waals surface area contributed by atoms with Gasteiger partial charge in [0.15, 0.2) is 0 Å². The molecule has 1 saturated heterocycles. The van der Waals surface area contributed by atoms with Gasteiger partial charge in [0.2, 0.25) is 10.0 Å². The topological polar surface area (TPSA) is 49.4 Å². The van der Waals surface area contributed by atoms with E-state index in [2.05, 4.69) is 5.32 Å². The second kappa shape index (κ2) is 5.47. The van der Waals surface area contributed by atoms with Gasteiger partial charge in [0.1, 0.15) is 0 Å². The lowest BCUT2D eigenvalue weighted by Gasteiger charge is -2.31. The lowest BCUT2D eigenvalue weighted by atomic mass is 9.92. The maximum Gasteiger partial charge on any atom is 0.243 e. The third kappa shape index (κ3) is 2.62. The van der Waals surface area contributed by atoms with Gasteiger partial charge < -0.3 is 5.32 Å². The summed E-state index contributed by atoms with van der Waals surface area (Å²) in [6.45, 7) is 3.86. The fourth-order valence-electron chi connectivity index (χ4n) is 3.13. The number of nitrogens with one attached hydrogen (secondary N) is 1. The van der Waals surface area contributed by atoms with Crippen molar-refractivity contribution in [3.05, 3.63) is 29.3 Å². The molecule has 0 spiro atoms.